The highest BCUT2D eigenvalue weighted by Crippen LogP contribution is 2.60. The molecule has 0 aliphatic carbocycles. The van der Waals surface area contributed by atoms with E-state index >= 15 is 0 Å². The third kappa shape index (κ3) is 2.26. The van der Waals surface area contributed by atoms with Gasteiger partial charge in [-0.05, 0) is 12.1 Å². The van der Waals surface area contributed by atoms with Crippen LogP contribution in [0.2, 0.25) is 20.1 Å². The Hall–Kier alpha value is -0.370. The minimum atomic E-state index is -1.31. The topological polar surface area (TPSA) is 18.5 Å². The molecule has 19 heavy (non-hydrogen) atoms. The lowest BCUT2D eigenvalue weighted by Crippen LogP contribution is -2.04. The van der Waals surface area contributed by atoms with Gasteiger partial charge in [-0.3, -0.25) is 0 Å². The monoisotopic (exact) mass is 352 g/mol. The smallest absolute Gasteiger partial charge is 0.326 e. The Bertz CT molecular complexity index is 611. The van der Waals surface area contributed by atoms with Crippen LogP contribution in [0.4, 0.5) is 0 Å². The predicted molar refractivity (Wildman–Crippen MR) is 80.7 cm³/mol. The van der Waals surface area contributed by atoms with Crippen LogP contribution in [0, 0.1) is 0 Å². The molecule has 1 heterocycles. The molecule has 0 fully saturated rings. The van der Waals surface area contributed by atoms with Crippen molar-refractivity contribution in [2.75, 3.05) is 0 Å². The molecule has 0 radical (unpaired) electrons. The summed E-state index contributed by atoms with van der Waals surface area (Å²) in [5.41, 5.74) is 0. The summed E-state index contributed by atoms with van der Waals surface area (Å²) in [5, 5.41) is 1.67. The summed E-state index contributed by atoms with van der Waals surface area (Å²) >= 11 is 24.2. The fourth-order valence-electron chi connectivity index (χ4n) is 1.59. The molecule has 0 aromatic heterocycles. The standard InChI is InChI=1S/C12H5Cl4O2P/c13-7-8(14)10(16)12-11(9(7)15)17-19(18-12)6-4-2-1-3-5-6/h1-5H. The highest BCUT2D eigenvalue weighted by atomic mass is 35.5. The van der Waals surface area contributed by atoms with Crippen LogP contribution in [0.1, 0.15) is 0 Å². The first-order valence-electron chi connectivity index (χ1n) is 5.16. The van der Waals surface area contributed by atoms with Gasteiger partial charge in [-0.15, -0.1) is 0 Å². The van der Waals surface area contributed by atoms with Crippen molar-refractivity contribution in [3.8, 4) is 11.5 Å². The molecule has 0 unspecified atom stereocenters. The molecule has 1 aliphatic rings. The molecule has 2 nitrogen and oxygen atoms in total. The second-order valence-electron chi connectivity index (χ2n) is 3.69. The number of halogens is 4. The second-order valence-corrected chi connectivity index (χ2v) is 6.60. The minimum absolute atomic E-state index is 0.167. The Morgan fingerprint density at radius 1 is 0.684 bits per heavy atom. The lowest BCUT2D eigenvalue weighted by Gasteiger charge is -2.07. The molecule has 0 saturated heterocycles. The highest BCUT2D eigenvalue weighted by molar-refractivity contribution is 7.57. The van der Waals surface area contributed by atoms with Crippen LogP contribution in [0.3, 0.4) is 0 Å². The van der Waals surface area contributed by atoms with Gasteiger partial charge >= 0.3 is 8.38 Å². The van der Waals surface area contributed by atoms with Gasteiger partial charge in [0.15, 0.2) is 11.5 Å². The summed E-state index contributed by atoms with van der Waals surface area (Å²) in [5.74, 6) is 0.687. The Balaban J connectivity index is 2.06. The quantitative estimate of drug-likeness (QED) is 0.371. The number of hydrogen-bond acceptors (Lipinski definition) is 2. The second kappa shape index (κ2) is 5.20. The maximum absolute atomic E-state index is 6.10. The molecule has 7 heteroatoms. The van der Waals surface area contributed by atoms with Gasteiger partial charge in [0.1, 0.15) is 10.0 Å². The van der Waals surface area contributed by atoms with Crippen molar-refractivity contribution in [2.45, 2.75) is 0 Å². The average Bonchev–Trinajstić information content (AvgIpc) is 2.89. The van der Waals surface area contributed by atoms with E-state index in [0.717, 1.165) is 5.30 Å². The maximum Gasteiger partial charge on any atom is 0.326 e. The third-order valence-corrected chi connectivity index (χ3v) is 5.68. The van der Waals surface area contributed by atoms with Crippen LogP contribution in [0.5, 0.6) is 11.5 Å². The molecule has 1 aliphatic heterocycles. The molecular weight excluding hydrogens is 349 g/mol. The van der Waals surface area contributed by atoms with Crippen molar-refractivity contribution in [3.63, 3.8) is 0 Å². The molecule has 0 saturated carbocycles. The van der Waals surface area contributed by atoms with Crippen molar-refractivity contribution in [3.05, 3.63) is 50.4 Å². The normalized spacial score (nSPS) is 13.9. The van der Waals surface area contributed by atoms with Gasteiger partial charge < -0.3 is 9.05 Å². The summed E-state index contributed by atoms with van der Waals surface area (Å²) in [7, 11) is -1.31. The van der Waals surface area contributed by atoms with E-state index in [4.69, 9.17) is 55.5 Å². The number of benzene rings is 2. The maximum atomic E-state index is 6.10. The van der Waals surface area contributed by atoms with Crippen molar-refractivity contribution < 1.29 is 9.05 Å². The van der Waals surface area contributed by atoms with E-state index in [0.29, 0.717) is 11.5 Å². The summed E-state index contributed by atoms with van der Waals surface area (Å²) < 4.78 is 11.4. The number of rotatable bonds is 1. The summed E-state index contributed by atoms with van der Waals surface area (Å²) in [6, 6.07) is 9.52. The summed E-state index contributed by atoms with van der Waals surface area (Å²) in [4.78, 5) is 0. The molecule has 2 aromatic rings. The largest absolute Gasteiger partial charge is 0.430 e. The summed E-state index contributed by atoms with van der Waals surface area (Å²) in [6.45, 7) is 0. The molecule has 3 rings (SSSR count). The lowest BCUT2D eigenvalue weighted by atomic mass is 10.3. The zero-order chi connectivity index (χ0) is 13.6. The molecule has 0 atom stereocenters. The van der Waals surface area contributed by atoms with Crippen LogP contribution in [-0.2, 0) is 0 Å². The van der Waals surface area contributed by atoms with Crippen molar-refractivity contribution in [2.24, 2.45) is 0 Å². The highest BCUT2D eigenvalue weighted by Gasteiger charge is 2.35. The molecular formula is C12H5Cl4O2P. The van der Waals surface area contributed by atoms with Crippen LogP contribution in [0.15, 0.2) is 30.3 Å². The zero-order valence-corrected chi connectivity index (χ0v) is 13.1. The molecule has 98 valence electrons. The minimum Gasteiger partial charge on any atom is -0.430 e. The summed E-state index contributed by atoms with van der Waals surface area (Å²) in [6.07, 6.45) is 0. The molecule has 0 spiro atoms. The first-order chi connectivity index (χ1) is 9.09. The first-order valence-corrected chi connectivity index (χ1v) is 7.85. The molecule has 0 amide bonds. The van der Waals surface area contributed by atoms with E-state index in [9.17, 15) is 0 Å². The van der Waals surface area contributed by atoms with E-state index in [-0.39, 0.29) is 20.1 Å². The zero-order valence-electron chi connectivity index (χ0n) is 9.16. The van der Waals surface area contributed by atoms with Gasteiger partial charge in [0.2, 0.25) is 0 Å². The lowest BCUT2D eigenvalue weighted by molar-refractivity contribution is 0.588. The Morgan fingerprint density at radius 2 is 1.16 bits per heavy atom. The van der Waals surface area contributed by atoms with E-state index in [1.54, 1.807) is 0 Å². The third-order valence-electron chi connectivity index (χ3n) is 2.50. The van der Waals surface area contributed by atoms with Crippen LogP contribution < -0.4 is 14.4 Å². The Kier molecular flexibility index (Phi) is 3.72. The van der Waals surface area contributed by atoms with Crippen LogP contribution >= 0.6 is 54.8 Å². The average molecular weight is 354 g/mol. The van der Waals surface area contributed by atoms with Gasteiger partial charge in [-0.2, -0.15) is 0 Å². The number of fused-ring (bicyclic) bond motifs is 1. The van der Waals surface area contributed by atoms with Gasteiger partial charge in [0.05, 0.1) is 15.3 Å². The van der Waals surface area contributed by atoms with E-state index < -0.39 is 8.38 Å². The Labute approximate surface area is 131 Å². The van der Waals surface area contributed by atoms with Crippen LogP contribution in [0.25, 0.3) is 0 Å². The predicted octanol–water partition coefficient (Wildman–Crippen LogP) is 5.71. The SMILES string of the molecule is Clc1c(Cl)c(Cl)c2c(c1Cl)OP(c1ccccc1)O2. The molecule has 0 N–H and O–H groups in total. The fourth-order valence-corrected chi connectivity index (χ4v) is 3.94. The molecule has 0 bridgehead atoms. The Morgan fingerprint density at radius 3 is 1.63 bits per heavy atom. The fraction of sp³-hybridized carbons (Fsp3) is 0. The van der Waals surface area contributed by atoms with Crippen molar-refractivity contribution in [1.82, 2.24) is 0 Å². The van der Waals surface area contributed by atoms with Gasteiger partial charge in [0.25, 0.3) is 0 Å². The van der Waals surface area contributed by atoms with Crippen LogP contribution in [-0.4, -0.2) is 0 Å². The van der Waals surface area contributed by atoms with Crippen molar-refractivity contribution in [1.29, 1.82) is 0 Å². The number of hydrogen-bond donors (Lipinski definition) is 0. The van der Waals surface area contributed by atoms with Crippen molar-refractivity contribution >= 4 is 60.1 Å². The van der Waals surface area contributed by atoms with Gasteiger partial charge in [-0.25, -0.2) is 0 Å². The van der Waals surface area contributed by atoms with Gasteiger partial charge in [-0.1, -0.05) is 64.6 Å². The molecule has 2 aromatic carbocycles. The first kappa shape index (κ1) is 13.6. The van der Waals surface area contributed by atoms with E-state index in [1.807, 2.05) is 30.3 Å². The van der Waals surface area contributed by atoms with Gasteiger partial charge in [0, 0.05) is 0 Å². The van der Waals surface area contributed by atoms with E-state index in [1.165, 1.54) is 0 Å². The van der Waals surface area contributed by atoms with E-state index in [2.05, 4.69) is 0 Å².